The van der Waals surface area contributed by atoms with E-state index in [0.717, 1.165) is 5.56 Å². The number of nitrogens with one attached hydrogen (secondary N) is 2. The minimum Gasteiger partial charge on any atom is -0.465 e. The summed E-state index contributed by atoms with van der Waals surface area (Å²) in [5.74, 6) is -0.957. The standard InChI is InChI=1S/C22H30N4O5/c1-5-30-19(27)14-26(13-16-9-7-6-8-10-16)20(28)18(11-17-12-23-15-24-17)25-21(29)31-22(2,3)4/h6-10,12,15,18H,5,11,13-14H2,1-4H3,(H,23,24)(H,25,29)/t18-/m1/s1. The van der Waals surface area contributed by atoms with E-state index >= 15 is 0 Å². The topological polar surface area (TPSA) is 114 Å². The normalized spacial score (nSPS) is 12.0. The second-order valence-electron chi connectivity index (χ2n) is 7.96. The van der Waals surface area contributed by atoms with Crippen LogP contribution in [0.15, 0.2) is 42.9 Å². The summed E-state index contributed by atoms with van der Waals surface area (Å²) in [6.07, 6.45) is 2.50. The molecule has 2 rings (SSSR count). The van der Waals surface area contributed by atoms with Gasteiger partial charge in [-0.3, -0.25) is 9.59 Å². The Bertz CT molecular complexity index is 847. The highest BCUT2D eigenvalue weighted by molar-refractivity contribution is 5.88. The zero-order valence-electron chi connectivity index (χ0n) is 18.4. The largest absolute Gasteiger partial charge is 0.465 e. The van der Waals surface area contributed by atoms with Crippen LogP contribution in [0.1, 0.15) is 39.0 Å². The number of aromatic nitrogens is 2. The number of amides is 2. The van der Waals surface area contributed by atoms with Crippen LogP contribution < -0.4 is 5.32 Å². The van der Waals surface area contributed by atoms with Crippen molar-refractivity contribution >= 4 is 18.0 Å². The van der Waals surface area contributed by atoms with Gasteiger partial charge in [-0.25, -0.2) is 9.78 Å². The first-order valence-corrected chi connectivity index (χ1v) is 10.1. The summed E-state index contributed by atoms with van der Waals surface area (Å²) in [6.45, 7) is 7.07. The number of rotatable bonds is 9. The number of carbonyl (C=O) groups is 3. The van der Waals surface area contributed by atoms with Crippen LogP contribution in [0.4, 0.5) is 4.79 Å². The number of imidazole rings is 1. The summed E-state index contributed by atoms with van der Waals surface area (Å²) >= 11 is 0. The molecule has 0 saturated carbocycles. The summed E-state index contributed by atoms with van der Waals surface area (Å²) in [5, 5.41) is 2.63. The van der Waals surface area contributed by atoms with Gasteiger partial charge in [0.2, 0.25) is 5.91 Å². The molecule has 0 saturated heterocycles. The molecule has 9 nitrogen and oxygen atoms in total. The van der Waals surface area contributed by atoms with Gasteiger partial charge >= 0.3 is 12.1 Å². The van der Waals surface area contributed by atoms with Gasteiger partial charge in [-0.05, 0) is 33.3 Å². The molecule has 2 aromatic rings. The van der Waals surface area contributed by atoms with Crippen molar-refractivity contribution in [3.63, 3.8) is 0 Å². The van der Waals surface area contributed by atoms with E-state index in [-0.39, 0.29) is 26.1 Å². The Balaban J connectivity index is 2.25. The van der Waals surface area contributed by atoms with Gasteiger partial charge in [-0.2, -0.15) is 0 Å². The van der Waals surface area contributed by atoms with Crippen LogP contribution in [0.3, 0.4) is 0 Å². The predicted octanol–water partition coefficient (Wildman–Crippen LogP) is 2.44. The minimum absolute atomic E-state index is 0.159. The van der Waals surface area contributed by atoms with E-state index in [0.29, 0.717) is 5.69 Å². The Morgan fingerprint density at radius 3 is 2.48 bits per heavy atom. The zero-order chi connectivity index (χ0) is 22.9. The quantitative estimate of drug-likeness (QED) is 0.591. The second-order valence-corrected chi connectivity index (χ2v) is 7.96. The molecule has 0 fully saturated rings. The van der Waals surface area contributed by atoms with Gasteiger partial charge < -0.3 is 24.7 Å². The fourth-order valence-corrected chi connectivity index (χ4v) is 2.86. The molecule has 1 heterocycles. The lowest BCUT2D eigenvalue weighted by atomic mass is 10.1. The molecule has 9 heteroatoms. The zero-order valence-corrected chi connectivity index (χ0v) is 18.4. The number of ether oxygens (including phenoxy) is 2. The van der Waals surface area contributed by atoms with E-state index in [2.05, 4.69) is 15.3 Å². The van der Waals surface area contributed by atoms with Gasteiger partial charge in [0.15, 0.2) is 0 Å². The lowest BCUT2D eigenvalue weighted by molar-refractivity contribution is -0.150. The van der Waals surface area contributed by atoms with Crippen LogP contribution in [0, 0.1) is 0 Å². The molecule has 0 aliphatic heterocycles. The molecule has 168 valence electrons. The Hall–Kier alpha value is -3.36. The Kier molecular flexibility index (Phi) is 8.60. The van der Waals surface area contributed by atoms with Gasteiger partial charge in [0.1, 0.15) is 18.2 Å². The highest BCUT2D eigenvalue weighted by Crippen LogP contribution is 2.12. The fraction of sp³-hybridized carbons (Fsp3) is 0.455. The number of benzene rings is 1. The smallest absolute Gasteiger partial charge is 0.408 e. The van der Waals surface area contributed by atoms with Crippen molar-refractivity contribution in [2.45, 2.75) is 52.3 Å². The lowest BCUT2D eigenvalue weighted by Gasteiger charge is -2.28. The van der Waals surface area contributed by atoms with Gasteiger partial charge in [-0.1, -0.05) is 30.3 Å². The summed E-state index contributed by atoms with van der Waals surface area (Å²) in [6, 6.07) is 8.32. The molecule has 0 unspecified atom stereocenters. The average Bonchev–Trinajstić information content (AvgIpc) is 3.19. The van der Waals surface area contributed by atoms with Crippen LogP contribution in [0.25, 0.3) is 0 Å². The Morgan fingerprint density at radius 1 is 1.19 bits per heavy atom. The van der Waals surface area contributed by atoms with Crippen LogP contribution in [-0.2, 0) is 32.0 Å². The summed E-state index contributed by atoms with van der Waals surface area (Å²) < 4.78 is 10.3. The van der Waals surface area contributed by atoms with E-state index < -0.39 is 29.6 Å². The Labute approximate surface area is 182 Å². The van der Waals surface area contributed by atoms with Crippen molar-refractivity contribution < 1.29 is 23.9 Å². The van der Waals surface area contributed by atoms with Crippen LogP contribution in [0.5, 0.6) is 0 Å². The molecule has 0 bridgehead atoms. The molecule has 0 aliphatic carbocycles. The van der Waals surface area contributed by atoms with Crippen molar-refractivity contribution in [1.29, 1.82) is 0 Å². The first kappa shape index (κ1) is 23.9. The number of hydrogen-bond donors (Lipinski definition) is 2. The number of hydrogen-bond acceptors (Lipinski definition) is 6. The maximum Gasteiger partial charge on any atom is 0.408 e. The molecule has 0 spiro atoms. The van der Waals surface area contributed by atoms with Gasteiger partial charge in [0.05, 0.1) is 12.9 Å². The number of esters is 1. The van der Waals surface area contributed by atoms with E-state index in [9.17, 15) is 14.4 Å². The third-order valence-corrected chi connectivity index (χ3v) is 4.12. The first-order chi connectivity index (χ1) is 14.7. The maximum absolute atomic E-state index is 13.4. The number of aromatic amines is 1. The van der Waals surface area contributed by atoms with Crippen LogP contribution in [-0.4, -0.2) is 57.6 Å². The average molecular weight is 431 g/mol. The van der Waals surface area contributed by atoms with Gasteiger partial charge in [-0.15, -0.1) is 0 Å². The molecule has 2 amide bonds. The number of nitrogens with zero attached hydrogens (tertiary/aromatic N) is 2. The van der Waals surface area contributed by atoms with E-state index in [1.165, 1.54) is 11.2 Å². The highest BCUT2D eigenvalue weighted by Gasteiger charge is 2.30. The van der Waals surface area contributed by atoms with E-state index in [1.54, 1.807) is 33.9 Å². The fourth-order valence-electron chi connectivity index (χ4n) is 2.86. The van der Waals surface area contributed by atoms with E-state index in [4.69, 9.17) is 9.47 Å². The monoisotopic (exact) mass is 430 g/mol. The van der Waals surface area contributed by atoms with Crippen molar-refractivity contribution in [3.8, 4) is 0 Å². The third kappa shape index (κ3) is 8.49. The van der Waals surface area contributed by atoms with Crippen LogP contribution in [0.2, 0.25) is 0 Å². The maximum atomic E-state index is 13.4. The molecule has 1 aromatic heterocycles. The van der Waals surface area contributed by atoms with Crippen LogP contribution >= 0.6 is 0 Å². The number of H-pyrrole nitrogens is 1. The molecular formula is C22H30N4O5. The summed E-state index contributed by atoms with van der Waals surface area (Å²) in [4.78, 5) is 46.2. The van der Waals surface area contributed by atoms with Crippen molar-refractivity contribution in [3.05, 3.63) is 54.1 Å². The number of alkyl carbamates (subject to hydrolysis) is 1. The first-order valence-electron chi connectivity index (χ1n) is 10.1. The summed E-state index contributed by atoms with van der Waals surface area (Å²) in [5.41, 5.74) is 0.781. The molecule has 0 radical (unpaired) electrons. The Morgan fingerprint density at radius 2 is 1.90 bits per heavy atom. The predicted molar refractivity (Wildman–Crippen MR) is 114 cm³/mol. The van der Waals surface area contributed by atoms with Crippen molar-refractivity contribution in [2.75, 3.05) is 13.2 Å². The SMILES string of the molecule is CCOC(=O)CN(Cc1ccccc1)C(=O)[C@@H](Cc1cnc[nH]1)NC(=O)OC(C)(C)C. The van der Waals surface area contributed by atoms with Gasteiger partial charge in [0, 0.05) is 24.9 Å². The van der Waals surface area contributed by atoms with Crippen molar-refractivity contribution in [2.24, 2.45) is 0 Å². The second kappa shape index (κ2) is 11.1. The minimum atomic E-state index is -0.964. The van der Waals surface area contributed by atoms with E-state index in [1.807, 2.05) is 30.3 Å². The molecule has 1 atom stereocenters. The third-order valence-electron chi connectivity index (χ3n) is 4.12. The molecule has 1 aromatic carbocycles. The molecular weight excluding hydrogens is 400 g/mol. The van der Waals surface area contributed by atoms with Gasteiger partial charge in [0.25, 0.3) is 0 Å². The molecule has 31 heavy (non-hydrogen) atoms. The number of carbonyl (C=O) groups excluding carboxylic acids is 3. The van der Waals surface area contributed by atoms with Crippen molar-refractivity contribution in [1.82, 2.24) is 20.2 Å². The lowest BCUT2D eigenvalue weighted by Crippen LogP contribution is -2.51. The molecule has 0 aliphatic rings. The molecule has 2 N–H and O–H groups in total. The summed E-state index contributed by atoms with van der Waals surface area (Å²) in [7, 11) is 0. The highest BCUT2D eigenvalue weighted by atomic mass is 16.6.